The molecule has 7 heteroatoms. The molecule has 144 valence electrons. The normalized spacial score (nSPS) is 20.6. The summed E-state index contributed by atoms with van der Waals surface area (Å²) in [7, 11) is 0. The molecule has 2 aromatic rings. The number of nitrogens with zero attached hydrogens (tertiary/aromatic N) is 6. The van der Waals surface area contributed by atoms with Crippen LogP contribution in [0.3, 0.4) is 0 Å². The molecule has 27 heavy (non-hydrogen) atoms. The van der Waals surface area contributed by atoms with E-state index in [0.29, 0.717) is 5.92 Å². The molecule has 0 radical (unpaired) electrons. The highest BCUT2D eigenvalue weighted by atomic mass is 16.1. The largest absolute Gasteiger partial charge is 0.314 e. The molecule has 5 rings (SSSR count). The van der Waals surface area contributed by atoms with E-state index in [0.717, 1.165) is 69.3 Å². The number of aromatic nitrogens is 5. The molecular weight excluding hydrogens is 340 g/mol. The van der Waals surface area contributed by atoms with Crippen molar-refractivity contribution in [2.45, 2.75) is 71.0 Å². The Morgan fingerprint density at radius 3 is 2.78 bits per heavy atom. The maximum atomic E-state index is 12.4. The zero-order valence-electron chi connectivity index (χ0n) is 15.9. The second kappa shape index (κ2) is 7.19. The molecule has 0 spiro atoms. The number of hydrogen-bond acceptors (Lipinski definition) is 5. The number of rotatable bonds is 4. The molecular formula is C20H28N6O. The van der Waals surface area contributed by atoms with Gasteiger partial charge in [0, 0.05) is 38.0 Å². The maximum absolute atomic E-state index is 12.4. The van der Waals surface area contributed by atoms with Crippen molar-refractivity contribution < 1.29 is 0 Å². The van der Waals surface area contributed by atoms with Gasteiger partial charge in [-0.05, 0) is 44.1 Å². The molecule has 3 aliphatic rings. The molecule has 1 aliphatic carbocycles. The summed E-state index contributed by atoms with van der Waals surface area (Å²) in [5, 5.41) is 13.5. The third-order valence-corrected chi connectivity index (χ3v) is 6.29. The van der Waals surface area contributed by atoms with Gasteiger partial charge in [0.1, 0.15) is 11.6 Å². The van der Waals surface area contributed by atoms with Crippen LogP contribution in [0.1, 0.15) is 55.0 Å². The Hall–Kier alpha value is -2.02. The minimum Gasteiger partial charge on any atom is -0.314 e. The topological polar surface area (TPSA) is 68.8 Å². The standard InChI is InChI=1S/C20H28N6O/c27-20-10-16-6-3-4-7-17(16)23-26(20)13-15-11-24(12-15)14-19-22-21-18-8-2-1-5-9-25(18)19/h10,15H,1-9,11-14H2. The zero-order valence-corrected chi connectivity index (χ0v) is 15.9. The number of hydrogen-bond donors (Lipinski definition) is 0. The highest BCUT2D eigenvalue weighted by Gasteiger charge is 2.29. The average molecular weight is 368 g/mol. The minimum absolute atomic E-state index is 0.0666. The first kappa shape index (κ1) is 17.1. The van der Waals surface area contributed by atoms with Gasteiger partial charge in [0.2, 0.25) is 0 Å². The van der Waals surface area contributed by atoms with Crippen LogP contribution in [-0.4, -0.2) is 42.5 Å². The summed E-state index contributed by atoms with van der Waals surface area (Å²) in [6.07, 6.45) is 9.21. The highest BCUT2D eigenvalue weighted by Crippen LogP contribution is 2.22. The van der Waals surface area contributed by atoms with Crippen LogP contribution >= 0.6 is 0 Å². The van der Waals surface area contributed by atoms with Crippen LogP contribution in [0.2, 0.25) is 0 Å². The van der Waals surface area contributed by atoms with E-state index in [2.05, 4.69) is 24.8 Å². The van der Waals surface area contributed by atoms with Crippen LogP contribution in [0.15, 0.2) is 10.9 Å². The summed E-state index contributed by atoms with van der Waals surface area (Å²) in [6.45, 7) is 4.68. The SMILES string of the molecule is O=c1cc2c(nn1CC1CN(Cc3nnc4n3CCCCC4)C1)CCCC2. The quantitative estimate of drug-likeness (QED) is 0.819. The first-order chi connectivity index (χ1) is 13.3. The molecule has 4 heterocycles. The van der Waals surface area contributed by atoms with Gasteiger partial charge in [-0.1, -0.05) is 6.42 Å². The molecule has 1 fully saturated rings. The molecule has 0 amide bonds. The van der Waals surface area contributed by atoms with E-state index in [-0.39, 0.29) is 5.56 Å². The predicted octanol–water partition coefficient (Wildman–Crippen LogP) is 1.57. The Balaban J connectivity index is 1.20. The Kier molecular flexibility index (Phi) is 4.55. The van der Waals surface area contributed by atoms with Crippen molar-refractivity contribution >= 4 is 0 Å². The van der Waals surface area contributed by atoms with E-state index in [4.69, 9.17) is 0 Å². The van der Waals surface area contributed by atoms with Gasteiger partial charge < -0.3 is 4.57 Å². The molecule has 0 unspecified atom stereocenters. The first-order valence-corrected chi connectivity index (χ1v) is 10.5. The Bertz CT molecular complexity index is 879. The summed E-state index contributed by atoms with van der Waals surface area (Å²) in [4.78, 5) is 14.8. The summed E-state index contributed by atoms with van der Waals surface area (Å²) >= 11 is 0. The summed E-state index contributed by atoms with van der Waals surface area (Å²) in [6, 6.07) is 1.82. The second-order valence-corrected chi connectivity index (χ2v) is 8.40. The first-order valence-electron chi connectivity index (χ1n) is 10.5. The monoisotopic (exact) mass is 368 g/mol. The van der Waals surface area contributed by atoms with Gasteiger partial charge in [-0.25, -0.2) is 4.68 Å². The van der Waals surface area contributed by atoms with Crippen molar-refractivity contribution in [1.29, 1.82) is 0 Å². The van der Waals surface area contributed by atoms with Crippen LogP contribution in [-0.2, 0) is 38.9 Å². The zero-order chi connectivity index (χ0) is 18.2. The second-order valence-electron chi connectivity index (χ2n) is 8.40. The lowest BCUT2D eigenvalue weighted by Crippen LogP contribution is -2.49. The lowest BCUT2D eigenvalue weighted by molar-refractivity contribution is 0.0725. The third kappa shape index (κ3) is 3.45. The van der Waals surface area contributed by atoms with Crippen LogP contribution in [0, 0.1) is 5.92 Å². The van der Waals surface area contributed by atoms with E-state index in [1.165, 1.54) is 37.7 Å². The van der Waals surface area contributed by atoms with Crippen LogP contribution in [0.25, 0.3) is 0 Å². The molecule has 0 aromatic carbocycles. The van der Waals surface area contributed by atoms with E-state index in [1.807, 2.05) is 6.07 Å². The molecule has 1 saturated heterocycles. The van der Waals surface area contributed by atoms with Crippen molar-refractivity contribution in [1.82, 2.24) is 29.4 Å². The van der Waals surface area contributed by atoms with Crippen molar-refractivity contribution in [3.63, 3.8) is 0 Å². The van der Waals surface area contributed by atoms with Crippen molar-refractivity contribution in [3.8, 4) is 0 Å². The molecule has 0 N–H and O–H groups in total. The Labute approximate surface area is 159 Å². The Morgan fingerprint density at radius 1 is 1.00 bits per heavy atom. The van der Waals surface area contributed by atoms with Crippen molar-refractivity contribution in [3.05, 3.63) is 39.3 Å². The molecule has 7 nitrogen and oxygen atoms in total. The Morgan fingerprint density at radius 2 is 1.85 bits per heavy atom. The minimum atomic E-state index is 0.0666. The maximum Gasteiger partial charge on any atom is 0.267 e. The smallest absolute Gasteiger partial charge is 0.267 e. The van der Waals surface area contributed by atoms with Gasteiger partial charge >= 0.3 is 0 Å². The number of likely N-dealkylation sites (tertiary alicyclic amines) is 1. The van der Waals surface area contributed by atoms with E-state index in [1.54, 1.807) is 4.68 Å². The fourth-order valence-electron chi connectivity index (χ4n) is 4.76. The third-order valence-electron chi connectivity index (χ3n) is 6.29. The van der Waals surface area contributed by atoms with Gasteiger partial charge in [0.05, 0.1) is 18.8 Å². The fraction of sp³-hybridized carbons (Fsp3) is 0.700. The molecule has 0 saturated carbocycles. The van der Waals surface area contributed by atoms with E-state index >= 15 is 0 Å². The molecule has 0 atom stereocenters. The van der Waals surface area contributed by atoms with Crippen LogP contribution in [0.4, 0.5) is 0 Å². The summed E-state index contributed by atoms with van der Waals surface area (Å²) in [5.74, 6) is 2.77. The highest BCUT2D eigenvalue weighted by molar-refractivity contribution is 5.20. The van der Waals surface area contributed by atoms with Gasteiger partial charge in [0.15, 0.2) is 0 Å². The fourth-order valence-corrected chi connectivity index (χ4v) is 4.76. The summed E-state index contributed by atoms with van der Waals surface area (Å²) < 4.78 is 4.03. The van der Waals surface area contributed by atoms with Gasteiger partial charge in [0.25, 0.3) is 5.56 Å². The lowest BCUT2D eigenvalue weighted by atomic mass is 9.96. The van der Waals surface area contributed by atoms with E-state index < -0.39 is 0 Å². The lowest BCUT2D eigenvalue weighted by Gasteiger charge is -2.39. The van der Waals surface area contributed by atoms with Crippen LogP contribution in [0.5, 0.6) is 0 Å². The van der Waals surface area contributed by atoms with Crippen LogP contribution < -0.4 is 5.56 Å². The predicted molar refractivity (Wildman–Crippen MR) is 101 cm³/mol. The summed E-state index contributed by atoms with van der Waals surface area (Å²) in [5.41, 5.74) is 2.38. The van der Waals surface area contributed by atoms with E-state index in [9.17, 15) is 4.79 Å². The van der Waals surface area contributed by atoms with Gasteiger partial charge in [-0.15, -0.1) is 10.2 Å². The van der Waals surface area contributed by atoms with Gasteiger partial charge in [-0.3, -0.25) is 9.69 Å². The van der Waals surface area contributed by atoms with Crippen molar-refractivity contribution in [2.24, 2.45) is 5.92 Å². The number of fused-ring (bicyclic) bond motifs is 2. The molecule has 0 bridgehead atoms. The molecule has 2 aromatic heterocycles. The molecule has 2 aliphatic heterocycles. The number of aryl methyl sites for hydroxylation is 3. The van der Waals surface area contributed by atoms with Gasteiger partial charge in [-0.2, -0.15) is 5.10 Å². The average Bonchev–Trinajstić information content (AvgIpc) is 2.86. The van der Waals surface area contributed by atoms with Crippen molar-refractivity contribution in [2.75, 3.05) is 13.1 Å².